The van der Waals surface area contributed by atoms with Crippen molar-refractivity contribution in [3.63, 3.8) is 0 Å². The minimum atomic E-state index is -0.356. The number of morpholine rings is 1. The van der Waals surface area contributed by atoms with E-state index in [0.29, 0.717) is 12.3 Å². The molecule has 106 valence electrons. The molecule has 19 heavy (non-hydrogen) atoms. The zero-order valence-corrected chi connectivity index (χ0v) is 13.1. The summed E-state index contributed by atoms with van der Waals surface area (Å²) in [6, 6.07) is 1.76. The van der Waals surface area contributed by atoms with Crippen LogP contribution in [0.4, 0.5) is 0 Å². The van der Waals surface area contributed by atoms with Crippen LogP contribution in [0, 0.1) is 3.70 Å². The number of rotatable bonds is 5. The van der Waals surface area contributed by atoms with Gasteiger partial charge in [-0.15, -0.1) is 0 Å². The van der Waals surface area contributed by atoms with Gasteiger partial charge in [0.25, 0.3) is 0 Å². The zero-order valence-electron chi connectivity index (χ0n) is 11.0. The number of hydrogen-bond donors (Lipinski definition) is 0. The van der Waals surface area contributed by atoms with Gasteiger partial charge in [-0.05, 0) is 29.5 Å². The molecule has 6 nitrogen and oxygen atoms in total. The lowest BCUT2D eigenvalue weighted by atomic mass is 10.4. The van der Waals surface area contributed by atoms with Crippen LogP contribution < -0.4 is 0 Å². The van der Waals surface area contributed by atoms with Gasteiger partial charge < -0.3 is 9.47 Å². The van der Waals surface area contributed by atoms with Gasteiger partial charge in [0, 0.05) is 25.7 Å². The van der Waals surface area contributed by atoms with E-state index in [4.69, 9.17) is 9.47 Å². The fourth-order valence-corrected chi connectivity index (χ4v) is 2.56. The summed E-state index contributed by atoms with van der Waals surface area (Å²) in [6.07, 6.45) is 0. The standard InChI is InChI=1S/C12H18IN3O3/c1-2-19-12(17)10-9-11(13)16(14-10)4-3-15-5-7-18-8-6-15/h9H,2-8H2,1H3. The van der Waals surface area contributed by atoms with Crippen molar-refractivity contribution in [3.8, 4) is 0 Å². The first-order valence-electron chi connectivity index (χ1n) is 6.41. The second kappa shape index (κ2) is 7.20. The van der Waals surface area contributed by atoms with Crippen molar-refractivity contribution in [1.29, 1.82) is 0 Å². The van der Waals surface area contributed by atoms with Gasteiger partial charge in [-0.2, -0.15) is 5.10 Å². The fraction of sp³-hybridized carbons (Fsp3) is 0.667. The molecule has 2 rings (SSSR count). The summed E-state index contributed by atoms with van der Waals surface area (Å²) in [7, 11) is 0. The molecule has 2 heterocycles. The molecule has 0 bridgehead atoms. The third-order valence-electron chi connectivity index (χ3n) is 2.95. The Morgan fingerprint density at radius 1 is 1.47 bits per heavy atom. The van der Waals surface area contributed by atoms with E-state index in [0.717, 1.165) is 43.1 Å². The minimum absolute atomic E-state index is 0.356. The molecule has 1 aromatic heterocycles. The smallest absolute Gasteiger partial charge is 0.358 e. The first kappa shape index (κ1) is 14.7. The molecule has 0 spiro atoms. The maximum absolute atomic E-state index is 11.6. The van der Waals surface area contributed by atoms with Crippen molar-refractivity contribution in [3.05, 3.63) is 15.5 Å². The van der Waals surface area contributed by atoms with Crippen molar-refractivity contribution in [2.24, 2.45) is 0 Å². The topological polar surface area (TPSA) is 56.6 Å². The van der Waals surface area contributed by atoms with Crippen molar-refractivity contribution < 1.29 is 14.3 Å². The highest BCUT2D eigenvalue weighted by Crippen LogP contribution is 2.09. The largest absolute Gasteiger partial charge is 0.461 e. The summed E-state index contributed by atoms with van der Waals surface area (Å²) in [6.45, 7) is 7.37. The van der Waals surface area contributed by atoms with Crippen LogP contribution in [0.1, 0.15) is 17.4 Å². The number of esters is 1. The van der Waals surface area contributed by atoms with Crippen LogP contribution in [0.15, 0.2) is 6.07 Å². The summed E-state index contributed by atoms with van der Waals surface area (Å²) < 4.78 is 13.1. The lowest BCUT2D eigenvalue weighted by Gasteiger charge is -2.26. The summed E-state index contributed by atoms with van der Waals surface area (Å²) in [5, 5.41) is 4.29. The van der Waals surface area contributed by atoms with Crippen LogP contribution in [-0.2, 0) is 16.0 Å². The van der Waals surface area contributed by atoms with Gasteiger partial charge >= 0.3 is 5.97 Å². The minimum Gasteiger partial charge on any atom is -0.461 e. The van der Waals surface area contributed by atoms with Crippen molar-refractivity contribution in [2.75, 3.05) is 39.5 Å². The highest BCUT2D eigenvalue weighted by molar-refractivity contribution is 14.1. The Balaban J connectivity index is 1.90. The predicted molar refractivity (Wildman–Crippen MR) is 78.2 cm³/mol. The second-order valence-corrected chi connectivity index (χ2v) is 5.36. The second-order valence-electron chi connectivity index (χ2n) is 4.25. The molecule has 0 N–H and O–H groups in total. The lowest BCUT2D eigenvalue weighted by molar-refractivity contribution is 0.0358. The molecule has 0 aliphatic carbocycles. The molecule has 0 atom stereocenters. The maximum atomic E-state index is 11.6. The zero-order chi connectivity index (χ0) is 13.7. The number of aromatic nitrogens is 2. The highest BCUT2D eigenvalue weighted by atomic mass is 127. The van der Waals surface area contributed by atoms with Crippen molar-refractivity contribution in [1.82, 2.24) is 14.7 Å². The van der Waals surface area contributed by atoms with E-state index < -0.39 is 0 Å². The van der Waals surface area contributed by atoms with E-state index in [1.165, 1.54) is 0 Å². The van der Waals surface area contributed by atoms with Gasteiger partial charge in [-0.1, -0.05) is 0 Å². The molecular formula is C12H18IN3O3. The van der Waals surface area contributed by atoms with Crippen LogP contribution in [0.2, 0.25) is 0 Å². The maximum Gasteiger partial charge on any atom is 0.358 e. The Bertz CT molecular complexity index is 430. The van der Waals surface area contributed by atoms with Gasteiger partial charge in [0.2, 0.25) is 0 Å². The molecule has 0 unspecified atom stereocenters. The van der Waals surface area contributed by atoms with Crippen LogP contribution >= 0.6 is 22.6 Å². The van der Waals surface area contributed by atoms with Gasteiger partial charge in [0.05, 0.1) is 30.1 Å². The van der Waals surface area contributed by atoms with Crippen LogP contribution in [-0.4, -0.2) is 60.1 Å². The number of ether oxygens (including phenoxy) is 2. The van der Waals surface area contributed by atoms with Crippen LogP contribution in [0.5, 0.6) is 0 Å². The number of carbonyl (C=O) groups is 1. The number of carbonyl (C=O) groups excluding carboxylic acids is 1. The van der Waals surface area contributed by atoms with Crippen LogP contribution in [0.3, 0.4) is 0 Å². The first-order chi connectivity index (χ1) is 9.20. The lowest BCUT2D eigenvalue weighted by Crippen LogP contribution is -2.38. The molecule has 1 aromatic rings. The van der Waals surface area contributed by atoms with Crippen molar-refractivity contribution >= 4 is 28.6 Å². The van der Waals surface area contributed by atoms with E-state index in [2.05, 4.69) is 32.6 Å². The normalized spacial score (nSPS) is 16.5. The molecule has 1 fully saturated rings. The van der Waals surface area contributed by atoms with Gasteiger partial charge in [-0.3, -0.25) is 9.58 Å². The van der Waals surface area contributed by atoms with Crippen molar-refractivity contribution in [2.45, 2.75) is 13.5 Å². The SMILES string of the molecule is CCOC(=O)c1cc(I)n(CCN2CCOCC2)n1. The third-order valence-corrected chi connectivity index (χ3v) is 3.82. The molecule has 7 heteroatoms. The molecule has 1 aliphatic rings. The third kappa shape index (κ3) is 4.15. The van der Waals surface area contributed by atoms with E-state index >= 15 is 0 Å². The molecule has 0 aromatic carbocycles. The molecule has 0 saturated carbocycles. The highest BCUT2D eigenvalue weighted by Gasteiger charge is 2.15. The predicted octanol–water partition coefficient (Wildman–Crippen LogP) is 0.997. The summed E-state index contributed by atoms with van der Waals surface area (Å²) in [5.41, 5.74) is 0.383. The molecule has 1 aliphatic heterocycles. The van der Waals surface area contributed by atoms with Gasteiger partial charge in [0.15, 0.2) is 5.69 Å². The van der Waals surface area contributed by atoms with E-state index in [-0.39, 0.29) is 5.97 Å². The van der Waals surface area contributed by atoms with E-state index in [1.807, 2.05) is 4.68 Å². The number of hydrogen-bond acceptors (Lipinski definition) is 5. The quantitative estimate of drug-likeness (QED) is 0.565. The van der Waals surface area contributed by atoms with Crippen LogP contribution in [0.25, 0.3) is 0 Å². The Labute approximate surface area is 126 Å². The Kier molecular flexibility index (Phi) is 5.59. The summed E-state index contributed by atoms with van der Waals surface area (Å²) in [5.74, 6) is -0.356. The first-order valence-corrected chi connectivity index (χ1v) is 7.49. The Morgan fingerprint density at radius 3 is 2.89 bits per heavy atom. The monoisotopic (exact) mass is 379 g/mol. The average Bonchev–Trinajstić information content (AvgIpc) is 2.79. The van der Waals surface area contributed by atoms with Gasteiger partial charge in [0.1, 0.15) is 0 Å². The fourth-order valence-electron chi connectivity index (χ4n) is 1.92. The Hall–Kier alpha value is -0.670. The molecular weight excluding hydrogens is 361 g/mol. The number of halogens is 1. The average molecular weight is 379 g/mol. The molecule has 0 amide bonds. The van der Waals surface area contributed by atoms with Gasteiger partial charge in [-0.25, -0.2) is 4.79 Å². The number of nitrogens with zero attached hydrogens (tertiary/aromatic N) is 3. The summed E-state index contributed by atoms with van der Waals surface area (Å²) >= 11 is 2.19. The Morgan fingerprint density at radius 2 is 2.21 bits per heavy atom. The van der Waals surface area contributed by atoms with E-state index in [9.17, 15) is 4.79 Å². The van der Waals surface area contributed by atoms with E-state index in [1.54, 1.807) is 13.0 Å². The molecule has 1 saturated heterocycles. The molecule has 0 radical (unpaired) electrons. The summed E-state index contributed by atoms with van der Waals surface area (Å²) in [4.78, 5) is 13.9.